The van der Waals surface area contributed by atoms with Crippen molar-refractivity contribution in [2.45, 2.75) is 58.2 Å². The number of carbonyl (C=O) groups is 2. The number of aromatic hydroxyl groups is 1. The Morgan fingerprint density at radius 2 is 1.78 bits per heavy atom. The molecule has 0 aromatic heterocycles. The van der Waals surface area contributed by atoms with Crippen LogP contribution in [-0.2, 0) is 27.3 Å². The summed E-state index contributed by atoms with van der Waals surface area (Å²) in [7, 11) is 0. The van der Waals surface area contributed by atoms with Gasteiger partial charge in [0.1, 0.15) is 11.8 Å². The minimum Gasteiger partial charge on any atom is -0.508 e. The van der Waals surface area contributed by atoms with Gasteiger partial charge in [0, 0.05) is 57.8 Å². The van der Waals surface area contributed by atoms with Gasteiger partial charge in [-0.15, -0.1) is 0 Å². The Labute approximate surface area is 220 Å². The van der Waals surface area contributed by atoms with Crippen molar-refractivity contribution in [3.8, 4) is 5.75 Å². The molecule has 2 aliphatic heterocycles. The van der Waals surface area contributed by atoms with E-state index in [-0.39, 0.29) is 29.5 Å². The van der Waals surface area contributed by atoms with Crippen LogP contribution in [0.25, 0.3) is 0 Å². The van der Waals surface area contributed by atoms with E-state index in [9.17, 15) is 14.7 Å². The molecule has 8 heteroatoms. The van der Waals surface area contributed by atoms with Crippen molar-refractivity contribution in [2.75, 3.05) is 32.8 Å². The predicted molar refractivity (Wildman–Crippen MR) is 143 cm³/mol. The fourth-order valence-electron chi connectivity index (χ4n) is 5.27. The van der Waals surface area contributed by atoms with Gasteiger partial charge in [-0.2, -0.15) is 0 Å². The Kier molecular flexibility index (Phi) is 9.55. The van der Waals surface area contributed by atoms with Crippen molar-refractivity contribution in [1.29, 1.82) is 0 Å². The van der Waals surface area contributed by atoms with Crippen molar-refractivity contribution in [1.82, 2.24) is 20.7 Å². The van der Waals surface area contributed by atoms with E-state index < -0.39 is 6.04 Å². The number of phenols is 1. The zero-order valence-electron chi connectivity index (χ0n) is 22.0. The van der Waals surface area contributed by atoms with Crippen molar-refractivity contribution in [3.05, 3.63) is 65.2 Å². The predicted octanol–water partition coefficient (Wildman–Crippen LogP) is 2.78. The lowest BCUT2D eigenvalue weighted by Crippen LogP contribution is -2.59. The summed E-state index contributed by atoms with van der Waals surface area (Å²) in [5.74, 6) is 0.0806. The second-order valence-corrected chi connectivity index (χ2v) is 10.1. The molecule has 2 fully saturated rings. The van der Waals surface area contributed by atoms with E-state index >= 15 is 0 Å². The summed E-state index contributed by atoms with van der Waals surface area (Å²) in [6, 6.07) is 14.5. The van der Waals surface area contributed by atoms with Crippen LogP contribution >= 0.6 is 0 Å². The smallest absolute Gasteiger partial charge is 0.243 e. The maximum Gasteiger partial charge on any atom is 0.243 e. The van der Waals surface area contributed by atoms with Gasteiger partial charge >= 0.3 is 0 Å². The number of aryl methyl sites for hydroxylation is 2. The lowest BCUT2D eigenvalue weighted by atomic mass is 9.93. The van der Waals surface area contributed by atoms with Crippen LogP contribution in [0.3, 0.4) is 0 Å². The SMILES string of the molecule is CCN1CC(C(C(=O)NCc2ccc(C)cc2)N(C(=O)CCc2ccc(O)cc2)C2CCOCC2)CN1. The van der Waals surface area contributed by atoms with Crippen molar-refractivity contribution in [3.63, 3.8) is 0 Å². The summed E-state index contributed by atoms with van der Waals surface area (Å²) in [5, 5.41) is 14.9. The molecule has 0 aliphatic carbocycles. The fraction of sp³-hybridized carbons (Fsp3) is 0.517. The average molecular weight is 509 g/mol. The van der Waals surface area contributed by atoms with E-state index in [1.165, 1.54) is 5.56 Å². The van der Waals surface area contributed by atoms with Crippen LogP contribution in [0, 0.1) is 12.8 Å². The molecule has 0 spiro atoms. The summed E-state index contributed by atoms with van der Waals surface area (Å²) in [4.78, 5) is 29.6. The highest BCUT2D eigenvalue weighted by Gasteiger charge is 2.42. The molecular formula is C29H40N4O4. The third-order valence-corrected chi connectivity index (χ3v) is 7.45. The van der Waals surface area contributed by atoms with Crippen LogP contribution in [-0.4, -0.2) is 71.8 Å². The Morgan fingerprint density at radius 3 is 2.43 bits per heavy atom. The van der Waals surface area contributed by atoms with Crippen molar-refractivity contribution >= 4 is 11.8 Å². The fourth-order valence-corrected chi connectivity index (χ4v) is 5.27. The Bertz CT molecular complexity index is 1020. The van der Waals surface area contributed by atoms with E-state index in [4.69, 9.17) is 4.74 Å². The van der Waals surface area contributed by atoms with Gasteiger partial charge in [0.2, 0.25) is 11.8 Å². The third kappa shape index (κ3) is 7.31. The monoisotopic (exact) mass is 508 g/mol. The van der Waals surface area contributed by atoms with Crippen molar-refractivity contribution in [2.24, 2.45) is 5.92 Å². The standard InChI is InChI=1S/C29H40N4O4/c1-3-32-20-24(19-31-32)28(29(36)30-18-23-6-4-21(2)5-7-23)33(25-14-16-37-17-15-25)27(35)13-10-22-8-11-26(34)12-9-22/h4-9,11-12,24-25,28,31,34H,3,10,13-20H2,1-2H3,(H,30,36). The first kappa shape index (κ1) is 27.1. The lowest BCUT2D eigenvalue weighted by Gasteiger charge is -2.41. The average Bonchev–Trinajstić information content (AvgIpc) is 3.40. The van der Waals surface area contributed by atoms with Gasteiger partial charge in [-0.25, -0.2) is 5.01 Å². The zero-order valence-corrected chi connectivity index (χ0v) is 22.0. The first-order valence-corrected chi connectivity index (χ1v) is 13.4. The molecule has 37 heavy (non-hydrogen) atoms. The molecule has 2 saturated heterocycles. The van der Waals surface area contributed by atoms with Crippen LogP contribution in [0.1, 0.15) is 42.9 Å². The summed E-state index contributed by atoms with van der Waals surface area (Å²) in [5.41, 5.74) is 6.59. The number of hydrogen-bond acceptors (Lipinski definition) is 6. The number of carbonyl (C=O) groups excluding carboxylic acids is 2. The molecule has 2 unspecified atom stereocenters. The topological polar surface area (TPSA) is 94.1 Å². The molecule has 2 heterocycles. The maximum absolute atomic E-state index is 13.9. The van der Waals surface area contributed by atoms with Crippen LogP contribution in [0.2, 0.25) is 0 Å². The molecule has 4 rings (SSSR count). The van der Waals surface area contributed by atoms with E-state index in [1.807, 2.05) is 48.2 Å². The number of benzene rings is 2. The molecule has 2 aromatic carbocycles. The molecule has 3 N–H and O–H groups in total. The first-order chi connectivity index (χ1) is 17.9. The highest BCUT2D eigenvalue weighted by atomic mass is 16.5. The zero-order chi connectivity index (χ0) is 26.2. The normalized spacial score (nSPS) is 19.5. The van der Waals surface area contributed by atoms with E-state index in [1.54, 1.807) is 12.1 Å². The number of amides is 2. The van der Waals surface area contributed by atoms with E-state index in [0.29, 0.717) is 45.7 Å². The van der Waals surface area contributed by atoms with Gasteiger partial charge < -0.3 is 20.1 Å². The number of phenolic OH excluding ortho intramolecular Hbond substituents is 1. The third-order valence-electron chi connectivity index (χ3n) is 7.45. The van der Waals surface area contributed by atoms with Crippen LogP contribution in [0.15, 0.2) is 48.5 Å². The Balaban J connectivity index is 1.56. The number of nitrogens with zero attached hydrogens (tertiary/aromatic N) is 2. The van der Waals surface area contributed by atoms with Gasteiger partial charge in [-0.05, 0) is 49.4 Å². The highest BCUT2D eigenvalue weighted by Crippen LogP contribution is 2.26. The number of hydrogen-bond donors (Lipinski definition) is 3. The molecule has 200 valence electrons. The molecule has 0 saturated carbocycles. The Hall–Kier alpha value is -2.94. The maximum atomic E-state index is 13.9. The van der Waals surface area contributed by atoms with Gasteiger partial charge in [0.15, 0.2) is 0 Å². The van der Waals surface area contributed by atoms with Crippen LogP contribution < -0.4 is 10.7 Å². The number of nitrogens with one attached hydrogen (secondary N) is 2. The molecule has 2 aliphatic rings. The van der Waals surface area contributed by atoms with Gasteiger partial charge in [0.05, 0.1) is 0 Å². The second kappa shape index (κ2) is 13.0. The number of hydrazine groups is 1. The van der Waals surface area contributed by atoms with Gasteiger partial charge in [-0.1, -0.05) is 48.9 Å². The first-order valence-electron chi connectivity index (χ1n) is 13.4. The molecule has 2 atom stereocenters. The highest BCUT2D eigenvalue weighted by molar-refractivity contribution is 5.88. The van der Waals surface area contributed by atoms with E-state index in [0.717, 1.165) is 30.5 Å². The number of rotatable bonds is 10. The molecule has 0 bridgehead atoms. The van der Waals surface area contributed by atoms with Gasteiger partial charge in [-0.3, -0.25) is 15.0 Å². The summed E-state index contributed by atoms with van der Waals surface area (Å²) < 4.78 is 5.60. The van der Waals surface area contributed by atoms with Gasteiger partial charge in [0.25, 0.3) is 0 Å². The molecule has 8 nitrogen and oxygen atoms in total. The van der Waals surface area contributed by atoms with Crippen LogP contribution in [0.4, 0.5) is 0 Å². The number of ether oxygens (including phenoxy) is 1. The second-order valence-electron chi connectivity index (χ2n) is 10.1. The largest absolute Gasteiger partial charge is 0.508 e. The lowest BCUT2D eigenvalue weighted by molar-refractivity contribution is -0.147. The van der Waals surface area contributed by atoms with E-state index in [2.05, 4.69) is 22.7 Å². The molecule has 0 radical (unpaired) electrons. The Morgan fingerprint density at radius 1 is 1.11 bits per heavy atom. The molecule has 2 aromatic rings. The van der Waals surface area contributed by atoms with Crippen LogP contribution in [0.5, 0.6) is 5.75 Å². The molecular weight excluding hydrogens is 468 g/mol. The molecule has 2 amide bonds. The quantitative estimate of drug-likeness (QED) is 0.457. The summed E-state index contributed by atoms with van der Waals surface area (Å²) in [6.45, 7) is 7.94. The minimum absolute atomic E-state index is 0.00888. The van der Waals surface area contributed by atoms with Crippen molar-refractivity contribution < 1.29 is 19.4 Å². The summed E-state index contributed by atoms with van der Waals surface area (Å²) in [6.07, 6.45) is 2.32. The summed E-state index contributed by atoms with van der Waals surface area (Å²) >= 11 is 0. The minimum atomic E-state index is -0.565.